The molecule has 4 aromatic rings. The van der Waals surface area contributed by atoms with Gasteiger partial charge in [-0.15, -0.1) is 0 Å². The molecule has 102 valence electrons. The van der Waals surface area contributed by atoms with E-state index in [-0.39, 0.29) is 5.95 Å². The Morgan fingerprint density at radius 2 is 1.86 bits per heavy atom. The van der Waals surface area contributed by atoms with Gasteiger partial charge in [-0.2, -0.15) is 4.98 Å². The third-order valence-corrected chi connectivity index (χ3v) is 3.20. The predicted octanol–water partition coefficient (Wildman–Crippen LogP) is 2.66. The molecular formula is C15H11N5O. The summed E-state index contributed by atoms with van der Waals surface area (Å²) in [7, 11) is 0. The lowest BCUT2D eigenvalue weighted by atomic mass is 10.3. The highest BCUT2D eigenvalue weighted by atomic mass is 16.3. The van der Waals surface area contributed by atoms with E-state index in [1.165, 1.54) is 0 Å². The van der Waals surface area contributed by atoms with Gasteiger partial charge in [0.1, 0.15) is 17.5 Å². The molecule has 0 saturated heterocycles. The largest absolute Gasteiger partial charge is 0.463 e. The van der Waals surface area contributed by atoms with E-state index in [9.17, 15) is 0 Å². The average Bonchev–Trinajstić information content (AvgIpc) is 3.17. The lowest BCUT2D eigenvalue weighted by Gasteiger charge is -2.04. The van der Waals surface area contributed by atoms with Crippen LogP contribution in [0.2, 0.25) is 0 Å². The Balaban J connectivity index is 2.01. The minimum absolute atomic E-state index is 0.187. The summed E-state index contributed by atoms with van der Waals surface area (Å²) in [5.74, 6) is 0.805. The number of nitrogens with two attached hydrogens (primary N) is 1. The van der Waals surface area contributed by atoms with Crippen molar-refractivity contribution in [3.05, 3.63) is 55.1 Å². The first kappa shape index (κ1) is 11.7. The van der Waals surface area contributed by atoms with Crippen molar-refractivity contribution in [2.75, 3.05) is 5.73 Å². The van der Waals surface area contributed by atoms with Gasteiger partial charge in [-0.05, 0) is 24.3 Å². The van der Waals surface area contributed by atoms with Crippen LogP contribution in [0.1, 0.15) is 0 Å². The van der Waals surface area contributed by atoms with E-state index >= 15 is 0 Å². The van der Waals surface area contributed by atoms with Gasteiger partial charge in [0.15, 0.2) is 11.4 Å². The second-order valence-corrected chi connectivity index (χ2v) is 4.53. The molecule has 0 saturated carbocycles. The first-order valence-electron chi connectivity index (χ1n) is 6.43. The van der Waals surface area contributed by atoms with Crippen molar-refractivity contribution in [1.29, 1.82) is 0 Å². The number of hydrogen-bond acceptors (Lipinski definition) is 5. The van der Waals surface area contributed by atoms with Gasteiger partial charge in [0.2, 0.25) is 5.95 Å². The highest BCUT2D eigenvalue weighted by Crippen LogP contribution is 2.27. The molecular weight excluding hydrogens is 266 g/mol. The minimum atomic E-state index is 0.187. The summed E-state index contributed by atoms with van der Waals surface area (Å²) < 4.78 is 7.28. The first-order valence-corrected chi connectivity index (χ1v) is 6.43. The molecule has 0 aliphatic heterocycles. The molecule has 2 N–H and O–H groups in total. The summed E-state index contributed by atoms with van der Waals surface area (Å²) in [5.41, 5.74) is 8.70. The van der Waals surface area contributed by atoms with Gasteiger partial charge in [0.25, 0.3) is 0 Å². The number of aromatic nitrogens is 4. The van der Waals surface area contributed by atoms with E-state index in [1.54, 1.807) is 18.7 Å². The quantitative estimate of drug-likeness (QED) is 0.609. The van der Waals surface area contributed by atoms with Crippen LogP contribution in [0.4, 0.5) is 5.95 Å². The normalized spacial score (nSPS) is 11.0. The Labute approximate surface area is 119 Å². The van der Waals surface area contributed by atoms with Gasteiger partial charge in [-0.3, -0.25) is 4.57 Å². The molecule has 6 nitrogen and oxygen atoms in total. The van der Waals surface area contributed by atoms with Gasteiger partial charge < -0.3 is 10.2 Å². The molecule has 0 fully saturated rings. The molecule has 0 bridgehead atoms. The van der Waals surface area contributed by atoms with Gasteiger partial charge in [0, 0.05) is 5.69 Å². The number of para-hydroxylation sites is 1. The number of rotatable bonds is 2. The Morgan fingerprint density at radius 3 is 2.62 bits per heavy atom. The van der Waals surface area contributed by atoms with Gasteiger partial charge >= 0.3 is 0 Å². The fourth-order valence-corrected chi connectivity index (χ4v) is 2.28. The number of imidazole rings is 1. The Kier molecular flexibility index (Phi) is 2.47. The van der Waals surface area contributed by atoms with Crippen molar-refractivity contribution in [1.82, 2.24) is 19.5 Å². The van der Waals surface area contributed by atoms with E-state index in [4.69, 9.17) is 10.2 Å². The second-order valence-electron chi connectivity index (χ2n) is 4.53. The number of anilines is 1. The van der Waals surface area contributed by atoms with Crippen LogP contribution in [0.3, 0.4) is 0 Å². The highest BCUT2D eigenvalue weighted by Gasteiger charge is 2.16. The van der Waals surface area contributed by atoms with Gasteiger partial charge in [-0.25, -0.2) is 9.97 Å². The molecule has 3 aromatic heterocycles. The molecule has 0 atom stereocenters. The fourth-order valence-electron chi connectivity index (χ4n) is 2.28. The molecule has 0 radical (unpaired) electrons. The van der Waals surface area contributed by atoms with E-state index in [1.807, 2.05) is 41.0 Å². The third kappa shape index (κ3) is 1.85. The van der Waals surface area contributed by atoms with Crippen molar-refractivity contribution >= 4 is 17.1 Å². The zero-order chi connectivity index (χ0) is 14.2. The summed E-state index contributed by atoms with van der Waals surface area (Å²) in [5, 5.41) is 0. The molecule has 0 spiro atoms. The topological polar surface area (TPSA) is 82.8 Å². The molecule has 0 aliphatic carbocycles. The number of nitrogens with zero attached hydrogens (tertiary/aromatic N) is 4. The van der Waals surface area contributed by atoms with Crippen LogP contribution in [-0.2, 0) is 0 Å². The fraction of sp³-hybridized carbons (Fsp3) is 0. The molecule has 1 aromatic carbocycles. The monoisotopic (exact) mass is 277 g/mol. The minimum Gasteiger partial charge on any atom is -0.463 e. The van der Waals surface area contributed by atoms with Crippen LogP contribution in [0.5, 0.6) is 0 Å². The Bertz CT molecular complexity index is 897. The number of nitrogen functional groups attached to an aromatic ring is 1. The molecule has 3 heterocycles. The Morgan fingerprint density at radius 1 is 1.00 bits per heavy atom. The highest BCUT2D eigenvalue weighted by molar-refractivity contribution is 5.87. The zero-order valence-electron chi connectivity index (χ0n) is 11.0. The van der Waals surface area contributed by atoms with Crippen LogP contribution < -0.4 is 5.73 Å². The first-order chi connectivity index (χ1) is 10.3. The second kappa shape index (κ2) is 4.45. The van der Waals surface area contributed by atoms with Crippen LogP contribution in [0.15, 0.2) is 59.5 Å². The number of benzene rings is 1. The summed E-state index contributed by atoms with van der Waals surface area (Å²) >= 11 is 0. The van der Waals surface area contributed by atoms with E-state index < -0.39 is 0 Å². The lowest BCUT2D eigenvalue weighted by Crippen LogP contribution is -2.00. The van der Waals surface area contributed by atoms with E-state index in [2.05, 4.69) is 15.0 Å². The van der Waals surface area contributed by atoms with Crippen LogP contribution >= 0.6 is 0 Å². The number of hydrogen-bond donors (Lipinski definition) is 1. The number of fused-ring (bicyclic) bond motifs is 1. The van der Waals surface area contributed by atoms with Gasteiger partial charge in [0.05, 0.1) is 6.26 Å². The smallest absolute Gasteiger partial charge is 0.222 e. The molecule has 6 heteroatoms. The molecule has 0 unspecified atom stereocenters. The van der Waals surface area contributed by atoms with Crippen LogP contribution in [0.25, 0.3) is 28.3 Å². The summed E-state index contributed by atoms with van der Waals surface area (Å²) in [6.45, 7) is 0. The predicted molar refractivity (Wildman–Crippen MR) is 78.8 cm³/mol. The summed E-state index contributed by atoms with van der Waals surface area (Å²) in [6.07, 6.45) is 3.30. The maximum Gasteiger partial charge on any atom is 0.222 e. The SMILES string of the molecule is Nc1nc(-c2ccco2)c2ncn(-c3ccccc3)c2n1. The van der Waals surface area contributed by atoms with Crippen molar-refractivity contribution in [3.63, 3.8) is 0 Å². The molecule has 21 heavy (non-hydrogen) atoms. The average molecular weight is 277 g/mol. The maximum atomic E-state index is 5.83. The van der Waals surface area contributed by atoms with Crippen LogP contribution in [-0.4, -0.2) is 19.5 Å². The summed E-state index contributed by atoms with van der Waals surface area (Å²) in [6, 6.07) is 13.5. The standard InChI is InChI=1S/C15H11N5O/c16-15-18-12(11-7-4-8-21-11)13-14(19-15)20(9-17-13)10-5-2-1-3-6-10/h1-9H,(H2,16,18,19). The van der Waals surface area contributed by atoms with Crippen molar-refractivity contribution in [3.8, 4) is 17.1 Å². The molecule has 0 aliphatic rings. The lowest BCUT2D eigenvalue weighted by molar-refractivity contribution is 0.580. The molecule has 0 amide bonds. The maximum absolute atomic E-state index is 5.83. The van der Waals surface area contributed by atoms with Crippen LogP contribution in [0, 0.1) is 0 Å². The number of furan rings is 1. The zero-order valence-corrected chi connectivity index (χ0v) is 11.0. The molecule has 4 rings (SSSR count). The van der Waals surface area contributed by atoms with E-state index in [0.717, 1.165) is 5.69 Å². The summed E-state index contributed by atoms with van der Waals surface area (Å²) in [4.78, 5) is 13.0. The van der Waals surface area contributed by atoms with Crippen molar-refractivity contribution in [2.45, 2.75) is 0 Å². The van der Waals surface area contributed by atoms with Crippen molar-refractivity contribution in [2.24, 2.45) is 0 Å². The van der Waals surface area contributed by atoms with E-state index in [0.29, 0.717) is 22.6 Å². The van der Waals surface area contributed by atoms with Crippen molar-refractivity contribution < 1.29 is 4.42 Å². The third-order valence-electron chi connectivity index (χ3n) is 3.20. The Hall–Kier alpha value is -3.15. The van der Waals surface area contributed by atoms with Gasteiger partial charge in [-0.1, -0.05) is 18.2 Å².